The third kappa shape index (κ3) is 7.27. The molecule has 0 amide bonds. The highest BCUT2D eigenvalue weighted by Gasteiger charge is 2.06. The number of hydrogen-bond acceptors (Lipinski definition) is 4. The van der Waals surface area contributed by atoms with Crippen molar-refractivity contribution in [2.75, 3.05) is 27.2 Å². The fourth-order valence-corrected chi connectivity index (χ4v) is 3.48. The third-order valence-electron chi connectivity index (χ3n) is 3.94. The predicted octanol–water partition coefficient (Wildman–Crippen LogP) is 3.20. The highest BCUT2D eigenvalue weighted by molar-refractivity contribution is 7.11. The van der Waals surface area contributed by atoms with Gasteiger partial charge in [-0.2, -0.15) is 0 Å². The molecule has 0 atom stereocenters. The molecule has 0 unspecified atom stereocenters. The van der Waals surface area contributed by atoms with Gasteiger partial charge in [-0.05, 0) is 45.1 Å². The molecule has 2 rings (SSSR count). The van der Waals surface area contributed by atoms with Crippen LogP contribution in [0.5, 0.6) is 0 Å². The summed E-state index contributed by atoms with van der Waals surface area (Å²) < 4.78 is 13.9. The van der Waals surface area contributed by atoms with E-state index in [4.69, 9.17) is 0 Å². The van der Waals surface area contributed by atoms with Crippen molar-refractivity contribution in [2.45, 2.75) is 39.8 Å². The SMILES string of the molecule is CCNC(=NCc1ccc(F)c(CN(C)C)c1)NCCc1ncc(CC)s1. The topological polar surface area (TPSA) is 52.6 Å². The van der Waals surface area contributed by atoms with Crippen LogP contribution in [0.3, 0.4) is 0 Å². The maximum atomic E-state index is 13.9. The van der Waals surface area contributed by atoms with Gasteiger partial charge in [-0.1, -0.05) is 13.0 Å². The zero-order valence-electron chi connectivity index (χ0n) is 16.7. The molecule has 0 spiro atoms. The Morgan fingerprint density at radius 3 is 2.74 bits per heavy atom. The Balaban J connectivity index is 1.94. The van der Waals surface area contributed by atoms with Gasteiger partial charge in [-0.3, -0.25) is 0 Å². The van der Waals surface area contributed by atoms with Crippen LogP contribution in [0.25, 0.3) is 0 Å². The first kappa shape index (κ1) is 21.3. The van der Waals surface area contributed by atoms with E-state index in [-0.39, 0.29) is 5.82 Å². The zero-order chi connectivity index (χ0) is 19.6. The first-order valence-electron chi connectivity index (χ1n) is 9.39. The van der Waals surface area contributed by atoms with Gasteiger partial charge in [0.1, 0.15) is 5.82 Å². The monoisotopic (exact) mass is 391 g/mol. The summed E-state index contributed by atoms with van der Waals surface area (Å²) in [4.78, 5) is 12.3. The van der Waals surface area contributed by atoms with Crippen molar-refractivity contribution in [1.82, 2.24) is 20.5 Å². The number of rotatable bonds is 9. The molecule has 27 heavy (non-hydrogen) atoms. The minimum absolute atomic E-state index is 0.170. The Morgan fingerprint density at radius 2 is 2.07 bits per heavy atom. The summed E-state index contributed by atoms with van der Waals surface area (Å²) in [5.41, 5.74) is 1.69. The van der Waals surface area contributed by atoms with Crippen molar-refractivity contribution in [2.24, 2.45) is 4.99 Å². The van der Waals surface area contributed by atoms with Gasteiger partial charge >= 0.3 is 0 Å². The highest BCUT2D eigenvalue weighted by Crippen LogP contribution is 2.14. The van der Waals surface area contributed by atoms with Crippen molar-refractivity contribution < 1.29 is 4.39 Å². The predicted molar refractivity (Wildman–Crippen MR) is 112 cm³/mol. The summed E-state index contributed by atoms with van der Waals surface area (Å²) in [6.07, 6.45) is 3.86. The van der Waals surface area contributed by atoms with Crippen LogP contribution in [0.15, 0.2) is 29.4 Å². The van der Waals surface area contributed by atoms with Crippen molar-refractivity contribution >= 4 is 17.3 Å². The Kier molecular flexibility index (Phi) is 8.67. The normalized spacial score (nSPS) is 11.9. The zero-order valence-corrected chi connectivity index (χ0v) is 17.5. The fourth-order valence-electron chi connectivity index (χ4n) is 2.62. The number of aromatic nitrogens is 1. The molecular formula is C20H30FN5S. The lowest BCUT2D eigenvalue weighted by Crippen LogP contribution is -2.38. The Morgan fingerprint density at radius 1 is 1.26 bits per heavy atom. The van der Waals surface area contributed by atoms with Gasteiger partial charge in [0.25, 0.3) is 0 Å². The van der Waals surface area contributed by atoms with Gasteiger partial charge in [0.15, 0.2) is 5.96 Å². The molecule has 0 saturated carbocycles. The molecule has 7 heteroatoms. The van der Waals surface area contributed by atoms with Crippen LogP contribution in [-0.4, -0.2) is 43.0 Å². The van der Waals surface area contributed by atoms with Gasteiger partial charge in [0, 0.05) is 42.7 Å². The highest BCUT2D eigenvalue weighted by atomic mass is 32.1. The summed E-state index contributed by atoms with van der Waals surface area (Å²) in [5.74, 6) is 0.597. The van der Waals surface area contributed by atoms with Crippen LogP contribution < -0.4 is 10.6 Å². The first-order chi connectivity index (χ1) is 13.0. The number of benzene rings is 1. The molecule has 0 aliphatic carbocycles. The second-order valence-corrected chi connectivity index (χ2v) is 7.81. The summed E-state index contributed by atoms with van der Waals surface area (Å²) >= 11 is 1.76. The molecule has 1 aromatic heterocycles. The Bertz CT molecular complexity index is 742. The number of nitrogens with zero attached hydrogens (tertiary/aromatic N) is 3. The lowest BCUT2D eigenvalue weighted by molar-refractivity contribution is 0.392. The van der Waals surface area contributed by atoms with E-state index in [0.717, 1.165) is 42.5 Å². The fraction of sp³-hybridized carbons (Fsp3) is 0.500. The van der Waals surface area contributed by atoms with Crippen molar-refractivity contribution in [3.63, 3.8) is 0 Å². The molecule has 5 nitrogen and oxygen atoms in total. The van der Waals surface area contributed by atoms with Gasteiger partial charge in [-0.25, -0.2) is 14.4 Å². The molecular weight excluding hydrogens is 361 g/mol. The van der Waals surface area contributed by atoms with E-state index < -0.39 is 0 Å². The van der Waals surface area contributed by atoms with Gasteiger partial charge in [0.2, 0.25) is 0 Å². The number of thiazole rings is 1. The first-order valence-corrected chi connectivity index (χ1v) is 10.2. The molecule has 0 fully saturated rings. The maximum absolute atomic E-state index is 13.9. The van der Waals surface area contributed by atoms with Gasteiger partial charge in [-0.15, -0.1) is 11.3 Å². The molecule has 148 valence electrons. The average molecular weight is 392 g/mol. The van der Waals surface area contributed by atoms with Gasteiger partial charge in [0.05, 0.1) is 11.6 Å². The minimum atomic E-state index is -0.170. The van der Waals surface area contributed by atoms with Crippen molar-refractivity contribution in [1.29, 1.82) is 0 Å². The summed E-state index contributed by atoms with van der Waals surface area (Å²) in [6, 6.07) is 5.21. The van der Waals surface area contributed by atoms with E-state index in [1.54, 1.807) is 17.4 Å². The Hall–Kier alpha value is -1.99. The molecule has 0 aliphatic heterocycles. The van der Waals surface area contributed by atoms with Crippen LogP contribution in [-0.2, 0) is 25.9 Å². The molecule has 2 N–H and O–H groups in total. The maximum Gasteiger partial charge on any atom is 0.191 e. The number of guanidine groups is 1. The molecule has 0 saturated heterocycles. The molecule has 1 heterocycles. The largest absolute Gasteiger partial charge is 0.357 e. The lowest BCUT2D eigenvalue weighted by atomic mass is 10.1. The number of halogens is 1. The second kappa shape index (κ2) is 11.0. The molecule has 1 aromatic carbocycles. The quantitative estimate of drug-likeness (QED) is 0.509. The minimum Gasteiger partial charge on any atom is -0.357 e. The second-order valence-electron chi connectivity index (χ2n) is 6.61. The molecule has 0 bridgehead atoms. The number of nitrogens with one attached hydrogen (secondary N) is 2. The lowest BCUT2D eigenvalue weighted by Gasteiger charge is -2.13. The average Bonchev–Trinajstić information content (AvgIpc) is 3.09. The van der Waals surface area contributed by atoms with E-state index in [0.29, 0.717) is 18.7 Å². The molecule has 0 radical (unpaired) electrons. The van der Waals surface area contributed by atoms with E-state index in [2.05, 4.69) is 27.5 Å². The van der Waals surface area contributed by atoms with Crippen LogP contribution >= 0.6 is 11.3 Å². The summed E-state index contributed by atoms with van der Waals surface area (Å²) in [6.45, 7) is 6.84. The molecule has 2 aromatic rings. The van der Waals surface area contributed by atoms with E-state index in [1.165, 1.54) is 10.9 Å². The van der Waals surface area contributed by atoms with Crippen LogP contribution in [0, 0.1) is 5.82 Å². The summed E-state index contributed by atoms with van der Waals surface area (Å²) in [7, 11) is 3.87. The number of hydrogen-bond donors (Lipinski definition) is 2. The van der Waals surface area contributed by atoms with Crippen LogP contribution in [0.4, 0.5) is 4.39 Å². The van der Waals surface area contributed by atoms with Gasteiger partial charge < -0.3 is 15.5 Å². The summed E-state index contributed by atoms with van der Waals surface area (Å²) in [5, 5.41) is 7.74. The number of aryl methyl sites for hydroxylation is 1. The number of aliphatic imine (C=N–C) groups is 1. The van der Waals surface area contributed by atoms with Crippen molar-refractivity contribution in [3.8, 4) is 0 Å². The van der Waals surface area contributed by atoms with Crippen molar-refractivity contribution in [3.05, 3.63) is 51.2 Å². The van der Waals surface area contributed by atoms with E-state index >= 15 is 0 Å². The smallest absolute Gasteiger partial charge is 0.191 e. The Labute approximate surface area is 165 Å². The molecule has 0 aliphatic rings. The van der Waals surface area contributed by atoms with Crippen LogP contribution in [0.1, 0.15) is 34.9 Å². The van der Waals surface area contributed by atoms with Crippen LogP contribution in [0.2, 0.25) is 0 Å². The standard InChI is InChI=1S/C20H30FN5S/c1-5-17-13-24-19(27-17)9-10-23-20(22-6-2)25-12-15-7-8-18(21)16(11-15)14-26(3)4/h7-8,11,13H,5-6,9-10,12,14H2,1-4H3,(H2,22,23,25). The van der Waals surface area contributed by atoms with E-state index in [1.807, 2.05) is 38.2 Å². The third-order valence-corrected chi connectivity index (χ3v) is 5.14. The van der Waals surface area contributed by atoms with E-state index in [9.17, 15) is 4.39 Å².